The van der Waals surface area contributed by atoms with Gasteiger partial charge in [-0.2, -0.15) is 8.42 Å². The van der Waals surface area contributed by atoms with Crippen molar-refractivity contribution >= 4 is 22.1 Å². The SMILES string of the molecule is CC(=O)O[C@H]1CC[C@H]2[C@@H]3[C@H](CCCCCCCCCOS(C)(=O)=O)Cc4cc(OC(=O)c5ccccc5)ccc4[C@H]3CC[C@]12C. The molecule has 5 rings (SSSR count). The third-order valence-electron chi connectivity index (χ3n) is 10.8. The van der Waals surface area contributed by atoms with E-state index >= 15 is 0 Å². The summed E-state index contributed by atoms with van der Waals surface area (Å²) in [4.78, 5) is 24.8. The highest BCUT2D eigenvalue weighted by Crippen LogP contribution is 2.63. The first-order chi connectivity index (χ1) is 21.5. The van der Waals surface area contributed by atoms with Gasteiger partial charge in [0.2, 0.25) is 0 Å². The van der Waals surface area contributed by atoms with Crippen molar-refractivity contribution in [3.8, 4) is 5.75 Å². The Morgan fingerprint density at radius 2 is 1.62 bits per heavy atom. The Morgan fingerprint density at radius 1 is 0.911 bits per heavy atom. The van der Waals surface area contributed by atoms with E-state index in [1.807, 2.05) is 24.3 Å². The van der Waals surface area contributed by atoms with Gasteiger partial charge in [-0.3, -0.25) is 8.98 Å². The number of benzene rings is 2. The summed E-state index contributed by atoms with van der Waals surface area (Å²) in [6.07, 6.45) is 15.0. The van der Waals surface area contributed by atoms with Gasteiger partial charge in [0.05, 0.1) is 18.4 Å². The lowest BCUT2D eigenvalue weighted by molar-refractivity contribution is -0.155. The second kappa shape index (κ2) is 14.8. The second-order valence-corrected chi connectivity index (χ2v) is 15.5. The second-order valence-electron chi connectivity index (χ2n) is 13.9. The van der Waals surface area contributed by atoms with Crippen molar-refractivity contribution in [2.24, 2.45) is 23.2 Å². The minimum atomic E-state index is -3.35. The van der Waals surface area contributed by atoms with Gasteiger partial charge in [-0.1, -0.05) is 69.7 Å². The molecule has 0 N–H and O–H groups in total. The van der Waals surface area contributed by atoms with Crippen molar-refractivity contribution < 1.29 is 31.7 Å². The molecule has 0 unspecified atom stereocenters. The van der Waals surface area contributed by atoms with Gasteiger partial charge in [0.1, 0.15) is 11.9 Å². The molecule has 0 aliphatic heterocycles. The van der Waals surface area contributed by atoms with E-state index in [0.717, 1.165) is 64.0 Å². The van der Waals surface area contributed by atoms with Crippen LogP contribution in [0.15, 0.2) is 48.5 Å². The molecular formula is C37H50O7S. The molecule has 7 nitrogen and oxygen atoms in total. The largest absolute Gasteiger partial charge is 0.462 e. The van der Waals surface area contributed by atoms with Crippen LogP contribution in [0.3, 0.4) is 0 Å². The van der Waals surface area contributed by atoms with E-state index in [1.54, 1.807) is 12.1 Å². The van der Waals surface area contributed by atoms with E-state index < -0.39 is 10.1 Å². The lowest BCUT2D eigenvalue weighted by Gasteiger charge is -2.53. The van der Waals surface area contributed by atoms with Crippen LogP contribution >= 0.6 is 0 Å². The van der Waals surface area contributed by atoms with Gasteiger partial charge in [0, 0.05) is 12.3 Å². The van der Waals surface area contributed by atoms with Crippen molar-refractivity contribution in [2.45, 2.75) is 109 Å². The van der Waals surface area contributed by atoms with E-state index in [1.165, 1.54) is 43.7 Å². The third-order valence-corrected chi connectivity index (χ3v) is 11.4. The average Bonchev–Trinajstić information content (AvgIpc) is 3.32. The molecule has 0 spiro atoms. The smallest absolute Gasteiger partial charge is 0.343 e. The van der Waals surface area contributed by atoms with Crippen LogP contribution in [0.2, 0.25) is 0 Å². The Balaban J connectivity index is 1.24. The Morgan fingerprint density at radius 3 is 2.33 bits per heavy atom. The lowest BCUT2D eigenvalue weighted by Crippen LogP contribution is -2.48. The maximum Gasteiger partial charge on any atom is 0.343 e. The zero-order valence-electron chi connectivity index (χ0n) is 27.2. The van der Waals surface area contributed by atoms with Crippen molar-refractivity contribution in [3.63, 3.8) is 0 Å². The summed E-state index contributed by atoms with van der Waals surface area (Å²) < 4.78 is 38.8. The molecule has 6 atom stereocenters. The zero-order valence-corrected chi connectivity index (χ0v) is 28.0. The Bertz CT molecular complexity index is 1420. The van der Waals surface area contributed by atoms with E-state index in [2.05, 4.69) is 19.1 Å². The van der Waals surface area contributed by atoms with Gasteiger partial charge < -0.3 is 9.47 Å². The topological polar surface area (TPSA) is 96.0 Å². The first kappa shape index (κ1) is 33.6. The quantitative estimate of drug-likeness (QED) is 0.0895. The Hall–Kier alpha value is -2.71. The van der Waals surface area contributed by atoms with Crippen molar-refractivity contribution in [2.75, 3.05) is 12.9 Å². The summed E-state index contributed by atoms with van der Waals surface area (Å²) in [5.74, 6) is 2.21. The van der Waals surface area contributed by atoms with Crippen molar-refractivity contribution in [3.05, 3.63) is 65.2 Å². The van der Waals surface area contributed by atoms with Crippen LogP contribution in [0, 0.1) is 23.2 Å². The summed E-state index contributed by atoms with van der Waals surface area (Å²) in [6.45, 7) is 4.18. The van der Waals surface area contributed by atoms with Crippen LogP contribution in [-0.2, 0) is 30.3 Å². The molecule has 0 radical (unpaired) electrons. The molecule has 45 heavy (non-hydrogen) atoms. The highest BCUT2D eigenvalue weighted by Gasteiger charge is 2.58. The molecule has 3 aliphatic rings. The number of fused-ring (bicyclic) bond motifs is 5. The highest BCUT2D eigenvalue weighted by molar-refractivity contribution is 7.85. The Kier molecular flexibility index (Phi) is 11.1. The molecule has 2 aromatic rings. The third kappa shape index (κ3) is 8.37. The lowest BCUT2D eigenvalue weighted by atomic mass is 9.52. The first-order valence-corrected chi connectivity index (χ1v) is 18.8. The number of esters is 2. The number of hydrogen-bond donors (Lipinski definition) is 0. The predicted octanol–water partition coefficient (Wildman–Crippen LogP) is 8.02. The summed E-state index contributed by atoms with van der Waals surface area (Å²) in [7, 11) is -3.35. The summed E-state index contributed by atoms with van der Waals surface area (Å²) >= 11 is 0. The van der Waals surface area contributed by atoms with E-state index in [4.69, 9.17) is 13.7 Å². The fraction of sp³-hybridized carbons (Fsp3) is 0.622. The van der Waals surface area contributed by atoms with E-state index in [0.29, 0.717) is 35.0 Å². The van der Waals surface area contributed by atoms with Gasteiger partial charge in [-0.05, 0) is 104 Å². The van der Waals surface area contributed by atoms with Gasteiger partial charge in [-0.25, -0.2) is 4.79 Å². The zero-order chi connectivity index (χ0) is 32.0. The first-order valence-electron chi connectivity index (χ1n) is 17.0. The fourth-order valence-corrected chi connectivity index (χ4v) is 9.22. The predicted molar refractivity (Wildman–Crippen MR) is 175 cm³/mol. The molecule has 0 heterocycles. The van der Waals surface area contributed by atoms with Crippen LogP contribution in [0.1, 0.15) is 118 Å². The molecule has 2 saturated carbocycles. The monoisotopic (exact) mass is 638 g/mol. The number of ether oxygens (including phenoxy) is 2. The summed E-state index contributed by atoms with van der Waals surface area (Å²) in [6, 6.07) is 15.4. The molecule has 0 saturated heterocycles. The fourth-order valence-electron chi connectivity index (χ4n) is 8.80. The van der Waals surface area contributed by atoms with Gasteiger partial charge in [0.15, 0.2) is 0 Å². The molecule has 0 amide bonds. The molecule has 0 aromatic heterocycles. The minimum absolute atomic E-state index is 0.00519. The van der Waals surface area contributed by atoms with Gasteiger partial charge >= 0.3 is 11.9 Å². The van der Waals surface area contributed by atoms with E-state index in [-0.39, 0.29) is 30.1 Å². The number of carbonyl (C=O) groups excluding carboxylic acids is 2. The highest BCUT2D eigenvalue weighted by atomic mass is 32.2. The Labute approximate surface area is 269 Å². The number of rotatable bonds is 14. The summed E-state index contributed by atoms with van der Waals surface area (Å²) in [5.41, 5.74) is 3.29. The van der Waals surface area contributed by atoms with Crippen molar-refractivity contribution in [1.29, 1.82) is 0 Å². The van der Waals surface area contributed by atoms with Crippen molar-refractivity contribution in [1.82, 2.24) is 0 Å². The number of hydrogen-bond acceptors (Lipinski definition) is 7. The number of unbranched alkanes of at least 4 members (excludes halogenated alkanes) is 6. The van der Waals surface area contributed by atoms with Gasteiger partial charge in [-0.15, -0.1) is 0 Å². The van der Waals surface area contributed by atoms with Crippen LogP contribution in [0.5, 0.6) is 5.75 Å². The summed E-state index contributed by atoms with van der Waals surface area (Å²) in [5, 5.41) is 0. The normalized spacial score (nSPS) is 27.2. The molecule has 3 aliphatic carbocycles. The molecule has 246 valence electrons. The van der Waals surface area contributed by atoms with Crippen LogP contribution in [0.4, 0.5) is 0 Å². The molecule has 2 fully saturated rings. The number of carbonyl (C=O) groups is 2. The standard InChI is InChI=1S/C37H50O7S/c1-26(38)43-34-20-19-33-35-28(16-10-7-5-4-6-8-13-23-42-45(3,40)41)24-29-25-30(44-36(39)27-14-11-9-12-15-27)17-18-31(29)32(35)21-22-37(33,34)2/h9,11-12,14-15,17-18,25,28,32-35H,4-8,10,13,16,19-24H2,1-3H3/t28-,32-,33+,34+,35-,37+/m1/s1. The molecule has 0 bridgehead atoms. The maximum atomic E-state index is 12.8. The van der Waals surface area contributed by atoms with Gasteiger partial charge in [0.25, 0.3) is 10.1 Å². The molecule has 8 heteroatoms. The van der Waals surface area contributed by atoms with E-state index in [9.17, 15) is 18.0 Å². The maximum absolute atomic E-state index is 12.8. The van der Waals surface area contributed by atoms with Crippen LogP contribution in [-0.4, -0.2) is 39.3 Å². The van der Waals surface area contributed by atoms with Crippen LogP contribution < -0.4 is 4.74 Å². The molecular weight excluding hydrogens is 588 g/mol. The van der Waals surface area contributed by atoms with Crippen LogP contribution in [0.25, 0.3) is 0 Å². The minimum Gasteiger partial charge on any atom is -0.462 e. The molecule has 2 aromatic carbocycles. The average molecular weight is 639 g/mol.